The van der Waals surface area contributed by atoms with Crippen molar-refractivity contribution in [3.8, 4) is 0 Å². The molecule has 2 heterocycles. The summed E-state index contributed by atoms with van der Waals surface area (Å²) >= 11 is 0. The van der Waals surface area contributed by atoms with E-state index < -0.39 is 0 Å². The van der Waals surface area contributed by atoms with Gasteiger partial charge in [-0.15, -0.1) is 0 Å². The summed E-state index contributed by atoms with van der Waals surface area (Å²) < 4.78 is 1.71. The Bertz CT molecular complexity index is 571. The van der Waals surface area contributed by atoms with E-state index in [-0.39, 0.29) is 11.6 Å². The third-order valence-corrected chi connectivity index (χ3v) is 2.95. The van der Waals surface area contributed by atoms with Crippen molar-refractivity contribution in [3.63, 3.8) is 0 Å². The smallest absolute Gasteiger partial charge is 0.274 e. The number of aromatic amines is 1. The highest BCUT2D eigenvalue weighted by Crippen LogP contribution is 2.15. The van der Waals surface area contributed by atoms with Crippen LogP contribution in [0.25, 0.3) is 0 Å². The number of hydrogen-bond donors (Lipinski definition) is 3. The van der Waals surface area contributed by atoms with Gasteiger partial charge in [-0.1, -0.05) is 13.3 Å². The molecule has 0 radical (unpaired) electrons. The molecule has 2 aromatic rings. The summed E-state index contributed by atoms with van der Waals surface area (Å²) in [5.74, 6) is -0.280. The molecule has 0 aromatic carbocycles. The Hall–Kier alpha value is -2.31. The number of nitrogens with zero attached hydrogens (tertiary/aromatic N) is 3. The summed E-state index contributed by atoms with van der Waals surface area (Å²) in [7, 11) is 1.82. The van der Waals surface area contributed by atoms with Gasteiger partial charge in [0, 0.05) is 13.2 Å². The highest BCUT2D eigenvalue weighted by Gasteiger charge is 2.16. The molecule has 2 aromatic heterocycles. The lowest BCUT2D eigenvalue weighted by molar-refractivity contribution is 0.0946. The van der Waals surface area contributed by atoms with Crippen LogP contribution in [0.2, 0.25) is 0 Å². The lowest BCUT2D eigenvalue weighted by Crippen LogP contribution is -2.25. The third kappa shape index (κ3) is 2.75. The van der Waals surface area contributed by atoms with Crippen LogP contribution in [0.15, 0.2) is 12.3 Å². The van der Waals surface area contributed by atoms with Crippen molar-refractivity contribution in [2.24, 2.45) is 7.05 Å². The summed E-state index contributed by atoms with van der Waals surface area (Å²) in [5.41, 5.74) is 8.31. The molecular formula is C12H18N6O. The van der Waals surface area contributed by atoms with Crippen LogP contribution in [-0.2, 0) is 20.0 Å². The summed E-state index contributed by atoms with van der Waals surface area (Å²) in [6, 6.07) is 1.84. The number of rotatable bonds is 5. The van der Waals surface area contributed by atoms with Crippen molar-refractivity contribution in [1.29, 1.82) is 0 Å². The Morgan fingerprint density at radius 2 is 2.37 bits per heavy atom. The van der Waals surface area contributed by atoms with Crippen LogP contribution < -0.4 is 11.1 Å². The van der Waals surface area contributed by atoms with Crippen LogP contribution >= 0.6 is 0 Å². The molecule has 0 bridgehead atoms. The van der Waals surface area contributed by atoms with Crippen LogP contribution in [0, 0.1) is 0 Å². The Morgan fingerprint density at radius 1 is 1.58 bits per heavy atom. The Kier molecular flexibility index (Phi) is 3.84. The van der Waals surface area contributed by atoms with Gasteiger partial charge in [0.25, 0.3) is 5.91 Å². The molecule has 0 unspecified atom stereocenters. The highest BCUT2D eigenvalue weighted by atomic mass is 16.1. The van der Waals surface area contributed by atoms with Gasteiger partial charge >= 0.3 is 0 Å². The molecule has 7 heteroatoms. The van der Waals surface area contributed by atoms with Gasteiger partial charge in [-0.05, 0) is 12.5 Å². The summed E-state index contributed by atoms with van der Waals surface area (Å²) in [6.45, 7) is 2.44. The predicted molar refractivity (Wildman–Crippen MR) is 71.4 cm³/mol. The number of hydrogen-bond acceptors (Lipinski definition) is 4. The molecule has 0 aliphatic rings. The van der Waals surface area contributed by atoms with Gasteiger partial charge in [0.15, 0.2) is 5.69 Å². The zero-order valence-electron chi connectivity index (χ0n) is 11.1. The van der Waals surface area contributed by atoms with E-state index in [9.17, 15) is 4.79 Å². The highest BCUT2D eigenvalue weighted by molar-refractivity contribution is 5.97. The fourth-order valence-corrected chi connectivity index (χ4v) is 1.83. The van der Waals surface area contributed by atoms with E-state index in [4.69, 9.17) is 5.73 Å². The van der Waals surface area contributed by atoms with Gasteiger partial charge in [0.1, 0.15) is 0 Å². The molecule has 0 saturated carbocycles. The first kappa shape index (κ1) is 13.1. The zero-order valence-corrected chi connectivity index (χ0v) is 11.1. The molecule has 4 N–H and O–H groups in total. The Balaban J connectivity index is 2.02. The second kappa shape index (κ2) is 5.55. The van der Waals surface area contributed by atoms with E-state index in [1.54, 1.807) is 10.9 Å². The number of aromatic nitrogens is 4. The Morgan fingerprint density at radius 3 is 3.00 bits per heavy atom. The quantitative estimate of drug-likeness (QED) is 0.734. The van der Waals surface area contributed by atoms with Crippen molar-refractivity contribution in [2.45, 2.75) is 26.3 Å². The molecule has 102 valence electrons. The molecule has 0 atom stereocenters. The molecule has 0 fully saturated rings. The van der Waals surface area contributed by atoms with Crippen LogP contribution in [-0.4, -0.2) is 25.9 Å². The van der Waals surface area contributed by atoms with Gasteiger partial charge in [0.05, 0.1) is 23.6 Å². The van der Waals surface area contributed by atoms with Gasteiger partial charge in [0.2, 0.25) is 0 Å². The standard InChI is InChI=1S/C12H18N6O/c1-3-4-9-10(13)11(17-16-9)12(19)14-7-8-5-6-15-18(8)2/h5-6H,3-4,7,13H2,1-2H3,(H,14,19)(H,16,17). The van der Waals surface area contributed by atoms with E-state index in [1.165, 1.54) is 0 Å². The van der Waals surface area contributed by atoms with E-state index in [0.717, 1.165) is 24.2 Å². The molecule has 2 rings (SSSR count). The number of nitrogen functional groups attached to an aromatic ring is 1. The number of amides is 1. The molecule has 7 nitrogen and oxygen atoms in total. The van der Waals surface area contributed by atoms with Gasteiger partial charge in [-0.3, -0.25) is 14.6 Å². The van der Waals surface area contributed by atoms with E-state index in [0.29, 0.717) is 12.2 Å². The topological polar surface area (TPSA) is 102 Å². The summed E-state index contributed by atoms with van der Waals surface area (Å²) in [5, 5.41) is 13.6. The lowest BCUT2D eigenvalue weighted by atomic mass is 10.2. The van der Waals surface area contributed by atoms with Crippen molar-refractivity contribution in [1.82, 2.24) is 25.3 Å². The first-order chi connectivity index (χ1) is 9.13. The second-order valence-electron chi connectivity index (χ2n) is 4.34. The maximum atomic E-state index is 12.0. The third-order valence-electron chi connectivity index (χ3n) is 2.95. The SMILES string of the molecule is CCCc1[nH]nc(C(=O)NCc2ccnn2C)c1N. The zero-order chi connectivity index (χ0) is 13.8. The monoisotopic (exact) mass is 262 g/mol. The molecule has 0 saturated heterocycles. The maximum Gasteiger partial charge on any atom is 0.274 e. The van der Waals surface area contributed by atoms with Gasteiger partial charge in [-0.25, -0.2) is 0 Å². The van der Waals surface area contributed by atoms with Crippen LogP contribution in [0.1, 0.15) is 35.2 Å². The predicted octanol–water partition coefficient (Wildman–Crippen LogP) is 0.608. The van der Waals surface area contributed by atoms with E-state index in [2.05, 4.69) is 20.6 Å². The first-order valence-electron chi connectivity index (χ1n) is 6.21. The molecular weight excluding hydrogens is 244 g/mol. The number of nitrogens with two attached hydrogens (primary N) is 1. The number of anilines is 1. The largest absolute Gasteiger partial charge is 0.395 e. The minimum absolute atomic E-state index is 0.255. The fraction of sp³-hybridized carbons (Fsp3) is 0.417. The number of nitrogens with one attached hydrogen (secondary N) is 2. The van der Waals surface area contributed by atoms with Crippen molar-refractivity contribution >= 4 is 11.6 Å². The number of H-pyrrole nitrogens is 1. The first-order valence-corrected chi connectivity index (χ1v) is 6.21. The number of aryl methyl sites for hydroxylation is 2. The molecule has 0 aliphatic carbocycles. The van der Waals surface area contributed by atoms with Crippen molar-refractivity contribution < 1.29 is 4.79 Å². The van der Waals surface area contributed by atoms with Gasteiger partial charge < -0.3 is 11.1 Å². The van der Waals surface area contributed by atoms with Gasteiger partial charge in [-0.2, -0.15) is 10.2 Å². The molecule has 19 heavy (non-hydrogen) atoms. The minimum atomic E-state index is -0.280. The fourth-order valence-electron chi connectivity index (χ4n) is 1.83. The molecule has 1 amide bonds. The Labute approximate surface area is 111 Å². The number of carbonyl (C=O) groups is 1. The summed E-state index contributed by atoms with van der Waals surface area (Å²) in [4.78, 5) is 12.0. The average Bonchev–Trinajstić information content (AvgIpc) is 2.95. The normalized spacial score (nSPS) is 10.6. The van der Waals surface area contributed by atoms with Crippen LogP contribution in [0.5, 0.6) is 0 Å². The lowest BCUT2D eigenvalue weighted by Gasteiger charge is -2.04. The van der Waals surface area contributed by atoms with E-state index >= 15 is 0 Å². The van der Waals surface area contributed by atoms with Crippen molar-refractivity contribution in [3.05, 3.63) is 29.3 Å². The average molecular weight is 262 g/mol. The second-order valence-corrected chi connectivity index (χ2v) is 4.34. The molecule has 0 spiro atoms. The number of carbonyl (C=O) groups excluding carboxylic acids is 1. The van der Waals surface area contributed by atoms with Crippen LogP contribution in [0.3, 0.4) is 0 Å². The summed E-state index contributed by atoms with van der Waals surface area (Å²) in [6.07, 6.45) is 3.42. The van der Waals surface area contributed by atoms with Crippen LogP contribution in [0.4, 0.5) is 5.69 Å². The molecule has 0 aliphatic heterocycles. The minimum Gasteiger partial charge on any atom is -0.395 e. The maximum absolute atomic E-state index is 12.0. The van der Waals surface area contributed by atoms with Crippen molar-refractivity contribution in [2.75, 3.05) is 5.73 Å². The van der Waals surface area contributed by atoms with E-state index in [1.807, 2.05) is 20.0 Å².